The molecule has 0 fully saturated rings. The van der Waals surface area contributed by atoms with Crippen molar-refractivity contribution in [3.8, 4) is 11.3 Å². The SMILES string of the molecule is Cc1ccc(-c2csc(N/N=C\c3cccc(C(F)(F)F)c3)n2)cc1C. The van der Waals surface area contributed by atoms with Gasteiger partial charge in [0.2, 0.25) is 5.13 Å². The van der Waals surface area contributed by atoms with E-state index in [9.17, 15) is 13.2 Å². The number of nitrogens with zero attached hydrogens (tertiary/aromatic N) is 2. The van der Waals surface area contributed by atoms with E-state index < -0.39 is 11.7 Å². The van der Waals surface area contributed by atoms with Gasteiger partial charge in [0.15, 0.2) is 0 Å². The molecule has 3 rings (SSSR count). The van der Waals surface area contributed by atoms with Crippen molar-refractivity contribution in [1.29, 1.82) is 0 Å². The molecule has 0 saturated carbocycles. The van der Waals surface area contributed by atoms with Crippen LogP contribution in [0.15, 0.2) is 52.9 Å². The van der Waals surface area contributed by atoms with Crippen LogP contribution in [0.1, 0.15) is 22.3 Å². The van der Waals surface area contributed by atoms with E-state index in [-0.39, 0.29) is 0 Å². The highest BCUT2D eigenvalue weighted by Crippen LogP contribution is 2.29. The van der Waals surface area contributed by atoms with Crippen LogP contribution in [-0.4, -0.2) is 11.2 Å². The highest BCUT2D eigenvalue weighted by atomic mass is 32.1. The van der Waals surface area contributed by atoms with Crippen LogP contribution in [0.5, 0.6) is 0 Å². The summed E-state index contributed by atoms with van der Waals surface area (Å²) in [4.78, 5) is 4.45. The van der Waals surface area contributed by atoms with Gasteiger partial charge in [-0.1, -0.05) is 24.3 Å². The fourth-order valence-corrected chi connectivity index (χ4v) is 2.98. The Morgan fingerprint density at radius 2 is 1.88 bits per heavy atom. The van der Waals surface area contributed by atoms with E-state index in [4.69, 9.17) is 0 Å². The molecule has 0 radical (unpaired) electrons. The average molecular weight is 375 g/mol. The standard InChI is InChI=1S/C19H16F3N3S/c1-12-6-7-15(8-13(12)2)17-11-26-18(24-17)25-23-10-14-4-3-5-16(9-14)19(20,21)22/h3-11H,1-2H3,(H,24,25)/b23-10-. The van der Waals surface area contributed by atoms with Crippen LogP contribution in [0.2, 0.25) is 0 Å². The lowest BCUT2D eigenvalue weighted by Crippen LogP contribution is -2.05. The molecule has 0 saturated heterocycles. The molecule has 0 bridgehead atoms. The third-order valence-electron chi connectivity index (χ3n) is 3.89. The van der Waals surface area contributed by atoms with Crippen LogP contribution < -0.4 is 5.43 Å². The zero-order chi connectivity index (χ0) is 18.7. The molecular formula is C19H16F3N3S. The van der Waals surface area contributed by atoms with E-state index in [0.29, 0.717) is 10.7 Å². The molecule has 0 aliphatic carbocycles. The van der Waals surface area contributed by atoms with Gasteiger partial charge in [-0.25, -0.2) is 4.98 Å². The summed E-state index contributed by atoms with van der Waals surface area (Å²) < 4.78 is 38.1. The first-order valence-electron chi connectivity index (χ1n) is 7.82. The number of aryl methyl sites for hydroxylation is 2. The van der Waals surface area contributed by atoms with E-state index in [1.807, 2.05) is 24.4 Å². The monoisotopic (exact) mass is 375 g/mol. The number of hydrogen-bond acceptors (Lipinski definition) is 4. The first-order valence-corrected chi connectivity index (χ1v) is 8.70. The summed E-state index contributed by atoms with van der Waals surface area (Å²) in [5, 5.41) is 6.46. The van der Waals surface area contributed by atoms with Crippen molar-refractivity contribution in [3.63, 3.8) is 0 Å². The third kappa shape index (κ3) is 4.29. The molecule has 3 nitrogen and oxygen atoms in total. The van der Waals surface area contributed by atoms with Crippen LogP contribution in [0, 0.1) is 13.8 Å². The Balaban J connectivity index is 1.70. The van der Waals surface area contributed by atoms with E-state index in [2.05, 4.69) is 28.5 Å². The fraction of sp³-hybridized carbons (Fsp3) is 0.158. The summed E-state index contributed by atoms with van der Waals surface area (Å²) >= 11 is 1.38. The Hall–Kier alpha value is -2.67. The second kappa shape index (κ2) is 7.29. The van der Waals surface area contributed by atoms with Gasteiger partial charge in [-0.3, -0.25) is 5.43 Å². The maximum Gasteiger partial charge on any atom is 0.416 e. The molecule has 0 atom stereocenters. The summed E-state index contributed by atoms with van der Waals surface area (Å²) in [6.45, 7) is 4.10. The molecule has 0 unspecified atom stereocenters. The lowest BCUT2D eigenvalue weighted by molar-refractivity contribution is -0.137. The molecule has 0 spiro atoms. The maximum absolute atomic E-state index is 12.7. The molecule has 1 heterocycles. The summed E-state index contributed by atoms with van der Waals surface area (Å²) in [6, 6.07) is 11.1. The summed E-state index contributed by atoms with van der Waals surface area (Å²) in [5.41, 5.74) is 6.67. The largest absolute Gasteiger partial charge is 0.416 e. The molecule has 7 heteroatoms. The number of benzene rings is 2. The number of halogens is 3. The van der Waals surface area contributed by atoms with Gasteiger partial charge < -0.3 is 0 Å². The summed E-state index contributed by atoms with van der Waals surface area (Å²) in [6.07, 6.45) is -3.03. The molecule has 2 aromatic carbocycles. The number of anilines is 1. The van der Waals surface area contributed by atoms with Gasteiger partial charge >= 0.3 is 6.18 Å². The Bertz CT molecular complexity index is 945. The zero-order valence-electron chi connectivity index (χ0n) is 14.1. The first-order chi connectivity index (χ1) is 12.3. The maximum atomic E-state index is 12.7. The predicted molar refractivity (Wildman–Crippen MR) is 99.7 cm³/mol. The van der Waals surface area contributed by atoms with Crippen LogP contribution in [0.25, 0.3) is 11.3 Å². The minimum absolute atomic E-state index is 0.360. The average Bonchev–Trinajstić information content (AvgIpc) is 3.06. The van der Waals surface area contributed by atoms with E-state index in [1.54, 1.807) is 6.07 Å². The van der Waals surface area contributed by atoms with Gasteiger partial charge in [0.1, 0.15) is 0 Å². The van der Waals surface area contributed by atoms with Gasteiger partial charge in [0, 0.05) is 10.9 Å². The quantitative estimate of drug-likeness (QED) is 0.456. The smallest absolute Gasteiger partial charge is 0.253 e. The van der Waals surface area contributed by atoms with Crippen molar-refractivity contribution < 1.29 is 13.2 Å². The molecule has 134 valence electrons. The van der Waals surface area contributed by atoms with Crippen molar-refractivity contribution in [2.75, 3.05) is 5.43 Å². The molecule has 0 amide bonds. The van der Waals surface area contributed by atoms with Gasteiger partial charge in [0.05, 0.1) is 17.5 Å². The minimum atomic E-state index is -4.37. The highest BCUT2D eigenvalue weighted by Gasteiger charge is 2.30. The van der Waals surface area contributed by atoms with E-state index in [0.717, 1.165) is 23.4 Å². The van der Waals surface area contributed by atoms with Gasteiger partial charge in [-0.2, -0.15) is 18.3 Å². The predicted octanol–water partition coefficient (Wildman–Crippen LogP) is 5.89. The molecular weight excluding hydrogens is 359 g/mol. The second-order valence-electron chi connectivity index (χ2n) is 5.83. The number of hydrazone groups is 1. The van der Waals surface area contributed by atoms with Gasteiger partial charge in [-0.05, 0) is 48.7 Å². The van der Waals surface area contributed by atoms with Crippen LogP contribution in [-0.2, 0) is 6.18 Å². The number of thiazole rings is 1. The van der Waals surface area contributed by atoms with Crippen molar-refractivity contribution >= 4 is 22.7 Å². The lowest BCUT2D eigenvalue weighted by atomic mass is 10.1. The fourth-order valence-electron chi connectivity index (χ4n) is 2.32. The number of nitrogens with one attached hydrogen (secondary N) is 1. The van der Waals surface area contributed by atoms with Crippen molar-refractivity contribution in [2.24, 2.45) is 5.10 Å². The first kappa shape index (κ1) is 18.1. The number of rotatable bonds is 4. The second-order valence-corrected chi connectivity index (χ2v) is 6.69. The molecule has 0 aliphatic rings. The van der Waals surface area contributed by atoms with Gasteiger partial charge in [-0.15, -0.1) is 11.3 Å². The zero-order valence-corrected chi connectivity index (χ0v) is 14.9. The lowest BCUT2D eigenvalue weighted by Gasteiger charge is -2.06. The molecule has 1 aromatic heterocycles. The molecule has 0 aliphatic heterocycles. The number of hydrogen-bond donors (Lipinski definition) is 1. The van der Waals surface area contributed by atoms with Crippen molar-refractivity contribution in [3.05, 3.63) is 70.1 Å². The third-order valence-corrected chi connectivity index (χ3v) is 4.64. The Labute approximate surface area is 153 Å². The van der Waals surface area contributed by atoms with E-state index in [1.165, 1.54) is 34.7 Å². The van der Waals surface area contributed by atoms with Crippen molar-refractivity contribution in [2.45, 2.75) is 20.0 Å². The number of alkyl halides is 3. The van der Waals surface area contributed by atoms with Crippen LogP contribution in [0.4, 0.5) is 18.3 Å². The molecule has 26 heavy (non-hydrogen) atoms. The molecule has 1 N–H and O–H groups in total. The summed E-state index contributed by atoms with van der Waals surface area (Å²) in [7, 11) is 0. The topological polar surface area (TPSA) is 37.3 Å². The minimum Gasteiger partial charge on any atom is -0.253 e. The number of aromatic nitrogens is 1. The van der Waals surface area contributed by atoms with Crippen LogP contribution in [0.3, 0.4) is 0 Å². The Morgan fingerprint density at radius 1 is 1.08 bits per heavy atom. The molecule has 3 aromatic rings. The van der Waals surface area contributed by atoms with E-state index >= 15 is 0 Å². The van der Waals surface area contributed by atoms with Crippen LogP contribution >= 0.6 is 11.3 Å². The Morgan fingerprint density at radius 3 is 2.62 bits per heavy atom. The van der Waals surface area contributed by atoms with Crippen molar-refractivity contribution in [1.82, 2.24) is 4.98 Å². The Kier molecular flexibility index (Phi) is 5.08. The highest BCUT2D eigenvalue weighted by molar-refractivity contribution is 7.14. The van der Waals surface area contributed by atoms with Gasteiger partial charge in [0.25, 0.3) is 0 Å². The summed E-state index contributed by atoms with van der Waals surface area (Å²) in [5.74, 6) is 0. The normalized spacial score (nSPS) is 11.9.